The highest BCUT2D eigenvalue weighted by atomic mass is 32.1. The lowest BCUT2D eigenvalue weighted by Gasteiger charge is -2.01. The topological polar surface area (TPSA) is 64.1 Å². The Morgan fingerprint density at radius 1 is 1.22 bits per heavy atom. The fourth-order valence-electron chi connectivity index (χ4n) is 2.31. The number of para-hydroxylation sites is 1. The molecule has 4 rings (SSSR count). The summed E-state index contributed by atoms with van der Waals surface area (Å²) in [6, 6.07) is 11.2. The van der Waals surface area contributed by atoms with Gasteiger partial charge < -0.3 is 4.74 Å². The molecule has 0 radical (unpaired) electrons. The number of thiazole rings is 2. The van der Waals surface area contributed by atoms with Gasteiger partial charge in [0.25, 0.3) is 5.91 Å². The Balaban J connectivity index is 1.65. The van der Waals surface area contributed by atoms with Gasteiger partial charge in [-0.05, 0) is 30.3 Å². The minimum Gasteiger partial charge on any atom is -0.494 e. The summed E-state index contributed by atoms with van der Waals surface area (Å²) in [5, 5.41) is 3.41. The van der Waals surface area contributed by atoms with Crippen molar-refractivity contribution < 1.29 is 9.53 Å². The van der Waals surface area contributed by atoms with Crippen LogP contribution in [0, 0.1) is 0 Å². The van der Waals surface area contributed by atoms with Gasteiger partial charge in [-0.3, -0.25) is 10.1 Å². The van der Waals surface area contributed by atoms with Crippen LogP contribution in [0.1, 0.15) is 10.4 Å². The Bertz CT molecular complexity index is 1020. The molecule has 23 heavy (non-hydrogen) atoms. The summed E-state index contributed by atoms with van der Waals surface area (Å²) < 4.78 is 7.26. The number of nitrogens with one attached hydrogen (secondary N) is 1. The van der Waals surface area contributed by atoms with E-state index in [1.54, 1.807) is 18.7 Å². The molecule has 7 heteroatoms. The molecule has 5 nitrogen and oxygen atoms in total. The van der Waals surface area contributed by atoms with Crippen molar-refractivity contribution in [3.05, 3.63) is 47.5 Å². The van der Waals surface area contributed by atoms with Crippen LogP contribution in [0.5, 0.6) is 5.75 Å². The van der Waals surface area contributed by atoms with Gasteiger partial charge in [0, 0.05) is 5.56 Å². The van der Waals surface area contributed by atoms with Crippen molar-refractivity contribution in [1.82, 2.24) is 9.97 Å². The first-order valence-electron chi connectivity index (χ1n) is 6.83. The maximum absolute atomic E-state index is 12.4. The highest BCUT2D eigenvalue weighted by Gasteiger charge is 2.13. The number of aromatic nitrogens is 2. The minimum absolute atomic E-state index is 0.182. The summed E-state index contributed by atoms with van der Waals surface area (Å²) in [5.41, 5.74) is 4.02. The molecule has 0 atom stereocenters. The lowest BCUT2D eigenvalue weighted by molar-refractivity contribution is 0.102. The van der Waals surface area contributed by atoms with Crippen LogP contribution in [-0.4, -0.2) is 23.0 Å². The average molecular weight is 341 g/mol. The summed E-state index contributed by atoms with van der Waals surface area (Å²) in [5.74, 6) is 0.517. The predicted molar refractivity (Wildman–Crippen MR) is 93.7 cm³/mol. The zero-order valence-corrected chi connectivity index (χ0v) is 13.7. The lowest BCUT2D eigenvalue weighted by Crippen LogP contribution is -2.11. The second kappa shape index (κ2) is 5.60. The van der Waals surface area contributed by atoms with E-state index in [2.05, 4.69) is 15.3 Å². The van der Waals surface area contributed by atoms with E-state index in [-0.39, 0.29) is 5.91 Å². The molecule has 1 N–H and O–H groups in total. The van der Waals surface area contributed by atoms with E-state index in [9.17, 15) is 4.79 Å². The van der Waals surface area contributed by atoms with Crippen LogP contribution < -0.4 is 10.1 Å². The molecule has 0 bridgehead atoms. The first kappa shape index (κ1) is 14.1. The van der Waals surface area contributed by atoms with E-state index >= 15 is 0 Å². The average Bonchev–Trinajstić information content (AvgIpc) is 3.19. The standard InChI is InChI=1S/C16H11N3O2S2/c1-21-11-3-2-4-12-14(11)18-16(23-12)19-15(20)9-5-6-10-13(7-9)22-8-17-10/h2-8H,1H3,(H,18,19,20). The second-order valence-corrected chi connectivity index (χ2v) is 6.73. The van der Waals surface area contributed by atoms with Gasteiger partial charge in [-0.1, -0.05) is 17.4 Å². The summed E-state index contributed by atoms with van der Waals surface area (Å²) in [6.07, 6.45) is 0. The van der Waals surface area contributed by atoms with Crippen LogP contribution in [0.15, 0.2) is 41.9 Å². The quantitative estimate of drug-likeness (QED) is 0.607. The van der Waals surface area contributed by atoms with Crippen molar-refractivity contribution >= 4 is 54.1 Å². The first-order valence-corrected chi connectivity index (χ1v) is 8.52. The lowest BCUT2D eigenvalue weighted by atomic mass is 10.2. The third kappa shape index (κ3) is 2.54. The molecule has 114 valence electrons. The maximum atomic E-state index is 12.4. The fraction of sp³-hybridized carbons (Fsp3) is 0.0625. The number of methoxy groups -OCH3 is 1. The number of carbonyl (C=O) groups excluding carboxylic acids is 1. The molecule has 0 aliphatic heterocycles. The van der Waals surface area contributed by atoms with Crippen LogP contribution in [0.2, 0.25) is 0 Å². The summed E-state index contributed by atoms with van der Waals surface area (Å²) in [7, 11) is 1.61. The third-order valence-corrected chi connectivity index (χ3v) is 5.14. The van der Waals surface area contributed by atoms with E-state index in [1.165, 1.54) is 22.7 Å². The van der Waals surface area contributed by atoms with Crippen molar-refractivity contribution in [3.8, 4) is 5.75 Å². The summed E-state index contributed by atoms with van der Waals surface area (Å²) >= 11 is 2.94. The number of anilines is 1. The normalized spacial score (nSPS) is 11.0. The Morgan fingerprint density at radius 2 is 2.13 bits per heavy atom. The highest BCUT2D eigenvalue weighted by molar-refractivity contribution is 7.22. The van der Waals surface area contributed by atoms with Crippen molar-refractivity contribution in [1.29, 1.82) is 0 Å². The van der Waals surface area contributed by atoms with E-state index in [0.717, 1.165) is 20.4 Å². The van der Waals surface area contributed by atoms with Crippen molar-refractivity contribution in [3.63, 3.8) is 0 Å². The molecule has 2 aromatic heterocycles. The van der Waals surface area contributed by atoms with Crippen LogP contribution in [0.25, 0.3) is 20.4 Å². The highest BCUT2D eigenvalue weighted by Crippen LogP contribution is 2.32. The molecular formula is C16H11N3O2S2. The first-order chi connectivity index (χ1) is 11.2. The molecule has 2 heterocycles. The molecular weight excluding hydrogens is 330 g/mol. The molecule has 2 aromatic carbocycles. The summed E-state index contributed by atoms with van der Waals surface area (Å²) in [4.78, 5) is 21.1. The van der Waals surface area contributed by atoms with E-state index in [4.69, 9.17) is 4.74 Å². The van der Waals surface area contributed by atoms with Gasteiger partial charge in [0.15, 0.2) is 5.13 Å². The molecule has 1 amide bonds. The monoisotopic (exact) mass is 341 g/mol. The zero-order valence-electron chi connectivity index (χ0n) is 12.1. The number of carbonyl (C=O) groups is 1. The van der Waals surface area contributed by atoms with Crippen LogP contribution in [0.3, 0.4) is 0 Å². The van der Waals surface area contributed by atoms with Gasteiger partial charge in [0.2, 0.25) is 0 Å². The zero-order chi connectivity index (χ0) is 15.8. The van der Waals surface area contributed by atoms with Gasteiger partial charge in [-0.25, -0.2) is 9.97 Å². The van der Waals surface area contributed by atoms with Crippen molar-refractivity contribution in [2.75, 3.05) is 12.4 Å². The largest absolute Gasteiger partial charge is 0.494 e. The number of amides is 1. The predicted octanol–water partition coefficient (Wildman–Crippen LogP) is 4.17. The van der Waals surface area contributed by atoms with Gasteiger partial charge in [0.1, 0.15) is 11.3 Å². The number of ether oxygens (including phenoxy) is 1. The van der Waals surface area contributed by atoms with E-state index < -0.39 is 0 Å². The Kier molecular flexibility index (Phi) is 3.44. The Hall–Kier alpha value is -2.51. The molecule has 4 aromatic rings. The van der Waals surface area contributed by atoms with Gasteiger partial charge in [-0.2, -0.15) is 0 Å². The Labute approximate surface area is 139 Å². The van der Waals surface area contributed by atoms with Gasteiger partial charge in [0.05, 0.1) is 27.5 Å². The molecule has 0 unspecified atom stereocenters. The third-order valence-electron chi connectivity index (χ3n) is 3.42. The van der Waals surface area contributed by atoms with Crippen molar-refractivity contribution in [2.45, 2.75) is 0 Å². The fourth-order valence-corrected chi connectivity index (χ4v) is 3.90. The number of nitrogens with zero attached hydrogens (tertiary/aromatic N) is 2. The Morgan fingerprint density at radius 3 is 3.00 bits per heavy atom. The number of benzene rings is 2. The van der Waals surface area contributed by atoms with Gasteiger partial charge in [-0.15, -0.1) is 11.3 Å². The summed E-state index contributed by atoms with van der Waals surface area (Å²) in [6.45, 7) is 0. The number of hydrogen-bond acceptors (Lipinski definition) is 6. The maximum Gasteiger partial charge on any atom is 0.257 e. The van der Waals surface area contributed by atoms with Crippen LogP contribution in [-0.2, 0) is 0 Å². The molecule has 0 fully saturated rings. The SMILES string of the molecule is COc1cccc2sc(NC(=O)c3ccc4ncsc4c3)nc12. The molecule has 0 saturated carbocycles. The number of fused-ring (bicyclic) bond motifs is 2. The minimum atomic E-state index is -0.182. The molecule has 0 spiro atoms. The number of rotatable bonds is 3. The van der Waals surface area contributed by atoms with Crippen LogP contribution in [0.4, 0.5) is 5.13 Å². The van der Waals surface area contributed by atoms with Crippen LogP contribution >= 0.6 is 22.7 Å². The smallest absolute Gasteiger partial charge is 0.257 e. The molecule has 0 saturated heterocycles. The second-order valence-electron chi connectivity index (χ2n) is 4.82. The molecule has 0 aliphatic carbocycles. The van der Waals surface area contributed by atoms with Crippen molar-refractivity contribution in [2.24, 2.45) is 0 Å². The number of hydrogen-bond donors (Lipinski definition) is 1. The molecule has 0 aliphatic rings. The van der Waals surface area contributed by atoms with E-state index in [0.29, 0.717) is 16.4 Å². The van der Waals surface area contributed by atoms with Gasteiger partial charge >= 0.3 is 0 Å². The van der Waals surface area contributed by atoms with E-state index in [1.807, 2.05) is 30.3 Å².